The highest BCUT2D eigenvalue weighted by Gasteiger charge is 2.01. The molecule has 0 amide bonds. The molecule has 0 aliphatic heterocycles. The maximum absolute atomic E-state index is 8.36. The van der Waals surface area contributed by atoms with Crippen molar-refractivity contribution in [1.82, 2.24) is 0 Å². The summed E-state index contributed by atoms with van der Waals surface area (Å²) in [5.41, 5.74) is -4.45. The second kappa shape index (κ2) is 4.13. The number of hydrogen-bond donors (Lipinski definition) is 0. The van der Waals surface area contributed by atoms with E-state index in [1.807, 2.05) is 0 Å². The molecule has 4 aliphatic carbocycles. The molecule has 80 valence electrons. The summed E-state index contributed by atoms with van der Waals surface area (Å²) in [5, 5.41) is 0. The first-order chi connectivity index (χ1) is 14.3. The van der Waals surface area contributed by atoms with Crippen LogP contribution in [0.1, 0.15) is 44.2 Å². The molecule has 0 radical (unpaired) electrons. The highest BCUT2D eigenvalue weighted by Crippen LogP contribution is 2.14. The minimum atomic E-state index is -3.41. The average molecular weight is 224 g/mol. The zero-order valence-electron chi connectivity index (χ0n) is 24.0. The SMILES string of the molecule is [2H]c1c([2H])c2c([2H])c([2H])c1C([2H])([2H])C([2H])([2H])c1c([2H])c([2H])c(c([2H])c1[2H])C([2H])([2H])C2([2H])[2H]. The summed E-state index contributed by atoms with van der Waals surface area (Å²) in [6.45, 7) is 0. The molecule has 0 nitrogen and oxygen atoms in total. The number of rotatable bonds is 0. The van der Waals surface area contributed by atoms with Crippen LogP contribution in [-0.2, 0) is 25.5 Å². The van der Waals surface area contributed by atoms with Crippen LogP contribution in [0.15, 0.2) is 48.3 Å². The van der Waals surface area contributed by atoms with Gasteiger partial charge in [-0.25, -0.2) is 0 Å². The van der Waals surface area contributed by atoms with Gasteiger partial charge in [0, 0.05) is 11.0 Å². The van der Waals surface area contributed by atoms with Gasteiger partial charge in [0.2, 0.25) is 0 Å². The molecule has 0 heterocycles. The summed E-state index contributed by atoms with van der Waals surface area (Å²) >= 11 is 0. The Balaban J connectivity index is 2.76. The van der Waals surface area contributed by atoms with Crippen molar-refractivity contribution >= 4 is 0 Å². The van der Waals surface area contributed by atoms with E-state index < -0.39 is 96.1 Å². The molecular weight excluding hydrogens is 192 g/mol. The van der Waals surface area contributed by atoms with E-state index in [1.165, 1.54) is 0 Å². The summed E-state index contributed by atoms with van der Waals surface area (Å²) in [6, 6.07) is -9.11. The van der Waals surface area contributed by atoms with Crippen LogP contribution in [0.4, 0.5) is 0 Å². The van der Waals surface area contributed by atoms with Crippen molar-refractivity contribution in [2.75, 3.05) is 0 Å². The van der Waals surface area contributed by atoms with Crippen molar-refractivity contribution in [3.63, 3.8) is 0 Å². The first-order valence-electron chi connectivity index (χ1n) is 12.5. The largest absolute Gasteiger partial charge is 0.0626 e. The molecule has 0 unspecified atom stereocenters. The third-order valence-corrected chi connectivity index (χ3v) is 1.88. The minimum Gasteiger partial charge on any atom is -0.0588 e. The van der Waals surface area contributed by atoms with Gasteiger partial charge in [-0.2, -0.15) is 0 Å². The lowest BCUT2D eigenvalue weighted by atomic mass is 9.97. The molecule has 0 spiro atoms. The number of hydrogen-bond acceptors (Lipinski definition) is 0. The Morgan fingerprint density at radius 3 is 0.938 bits per heavy atom. The zero-order chi connectivity index (χ0) is 24.9. The van der Waals surface area contributed by atoms with Crippen molar-refractivity contribution in [2.24, 2.45) is 0 Å². The molecule has 0 aromatic heterocycles. The normalized spacial score (nSPS) is 41.5. The van der Waals surface area contributed by atoms with Crippen molar-refractivity contribution < 1.29 is 21.9 Å². The Morgan fingerprint density at radius 2 is 0.750 bits per heavy atom. The molecule has 4 bridgehead atoms. The summed E-state index contributed by atoms with van der Waals surface area (Å²) < 4.78 is 132. The van der Waals surface area contributed by atoms with Crippen LogP contribution in [0, 0.1) is 0 Å². The molecule has 0 fully saturated rings. The van der Waals surface area contributed by atoms with Gasteiger partial charge in [-0.05, 0) is 47.7 Å². The lowest BCUT2D eigenvalue weighted by Gasteiger charge is -2.09. The van der Waals surface area contributed by atoms with Crippen LogP contribution >= 0.6 is 0 Å². The van der Waals surface area contributed by atoms with Crippen LogP contribution in [0.3, 0.4) is 0 Å². The molecular formula is C16H16. The summed E-state index contributed by atoms with van der Waals surface area (Å²) in [6.07, 6.45) is -13.7. The van der Waals surface area contributed by atoms with E-state index >= 15 is 0 Å². The predicted octanol–water partition coefficient (Wildman–Crippen LogP) is 3.57. The fraction of sp³-hybridized carbons (Fsp3) is 0.250. The van der Waals surface area contributed by atoms with Crippen LogP contribution in [0.25, 0.3) is 0 Å². The van der Waals surface area contributed by atoms with E-state index in [4.69, 9.17) is 21.9 Å². The molecule has 0 heteroatoms. The van der Waals surface area contributed by atoms with Gasteiger partial charge in [0.25, 0.3) is 0 Å². The fourth-order valence-corrected chi connectivity index (χ4v) is 1.12. The lowest BCUT2D eigenvalue weighted by Crippen LogP contribution is -1.97. The van der Waals surface area contributed by atoms with E-state index in [0.29, 0.717) is 0 Å². The molecule has 0 N–H and O–H groups in total. The first-order valence-corrected chi connectivity index (χ1v) is 4.50. The van der Waals surface area contributed by atoms with E-state index in [9.17, 15) is 0 Å². The van der Waals surface area contributed by atoms with Gasteiger partial charge in [0.05, 0.1) is 11.0 Å². The fourth-order valence-electron chi connectivity index (χ4n) is 1.12. The van der Waals surface area contributed by atoms with Crippen molar-refractivity contribution in [3.8, 4) is 0 Å². The Hall–Kier alpha value is -1.56. The van der Waals surface area contributed by atoms with Gasteiger partial charge < -0.3 is 0 Å². The Labute approximate surface area is 119 Å². The van der Waals surface area contributed by atoms with Gasteiger partial charge in [0.1, 0.15) is 0 Å². The van der Waals surface area contributed by atoms with Crippen molar-refractivity contribution in [2.45, 2.75) is 25.5 Å². The van der Waals surface area contributed by atoms with E-state index in [2.05, 4.69) is 0 Å². The maximum atomic E-state index is 8.36. The third-order valence-electron chi connectivity index (χ3n) is 1.88. The molecule has 0 saturated heterocycles. The standard InChI is InChI=1S/C16H16/c1-2-14-4-3-13(1)9-10-15-5-7-16(8-6-15)12-11-14/h1-8H,9-12H2/i1D,2D,3D,4D,5D,6D,7D,8D,9D2,10D2,11D2,12D2. The van der Waals surface area contributed by atoms with Gasteiger partial charge in [-0.3, -0.25) is 0 Å². The van der Waals surface area contributed by atoms with Crippen molar-refractivity contribution in [1.29, 1.82) is 0 Å². The second-order valence-electron chi connectivity index (χ2n) is 3.00. The molecule has 4 aliphatic rings. The quantitative estimate of drug-likeness (QED) is 0.642. The molecule has 0 saturated carbocycles. The van der Waals surface area contributed by atoms with Gasteiger partial charge in [-0.15, -0.1) is 0 Å². The second-order valence-corrected chi connectivity index (χ2v) is 3.00. The topological polar surface area (TPSA) is 0 Å². The highest BCUT2D eigenvalue weighted by atomic mass is 14.1. The average Bonchev–Trinajstić information content (AvgIpc) is 2.64. The lowest BCUT2D eigenvalue weighted by molar-refractivity contribution is 0.921. The molecule has 16 heavy (non-hydrogen) atoms. The monoisotopic (exact) mass is 224 g/mol. The van der Waals surface area contributed by atoms with Gasteiger partial charge in [0.15, 0.2) is 0 Å². The molecule has 2 aromatic carbocycles. The van der Waals surface area contributed by atoms with Crippen LogP contribution in [0.2, 0.25) is 0 Å². The van der Waals surface area contributed by atoms with Crippen LogP contribution in [-0.4, -0.2) is 0 Å². The van der Waals surface area contributed by atoms with Crippen LogP contribution in [0.5, 0.6) is 0 Å². The summed E-state index contributed by atoms with van der Waals surface area (Å²) in [7, 11) is 0. The zero-order valence-corrected chi connectivity index (χ0v) is 8.00. The van der Waals surface area contributed by atoms with Gasteiger partial charge in [-0.1, -0.05) is 48.3 Å². The molecule has 0 atom stereocenters. The summed E-state index contributed by atoms with van der Waals surface area (Å²) in [4.78, 5) is 0. The van der Waals surface area contributed by atoms with Gasteiger partial charge >= 0.3 is 0 Å². The van der Waals surface area contributed by atoms with Crippen LogP contribution < -0.4 is 0 Å². The maximum Gasteiger partial charge on any atom is 0.0626 e. The first kappa shape index (κ1) is 2.48. The molecule has 2 aromatic rings. The Kier molecular flexibility index (Phi) is 0.640. The van der Waals surface area contributed by atoms with E-state index in [0.717, 1.165) is 0 Å². The molecule has 6 rings (SSSR count). The number of benzene rings is 2. The summed E-state index contributed by atoms with van der Waals surface area (Å²) in [5.74, 6) is 0. The smallest absolute Gasteiger partial charge is 0.0588 e. The highest BCUT2D eigenvalue weighted by molar-refractivity contribution is 5.29. The minimum absolute atomic E-state index is 1.11. The van der Waals surface area contributed by atoms with E-state index in [1.54, 1.807) is 0 Å². The van der Waals surface area contributed by atoms with E-state index in [-0.39, 0.29) is 0 Å². The third kappa shape index (κ3) is 2.01. The predicted molar refractivity (Wildman–Crippen MR) is 67.7 cm³/mol. The Bertz CT molecular complexity index is 922. The van der Waals surface area contributed by atoms with Crippen molar-refractivity contribution in [3.05, 3.63) is 70.6 Å². The Morgan fingerprint density at radius 1 is 0.562 bits per heavy atom.